The minimum atomic E-state index is -0.101. The van der Waals surface area contributed by atoms with Crippen LogP contribution in [-0.4, -0.2) is 37.3 Å². The van der Waals surface area contributed by atoms with Crippen LogP contribution in [0.5, 0.6) is 5.75 Å². The Morgan fingerprint density at radius 1 is 1.11 bits per heavy atom. The first-order chi connectivity index (χ1) is 13.6. The number of nitrogens with zero attached hydrogens (tertiary/aromatic N) is 4. The maximum atomic E-state index is 12.5. The van der Waals surface area contributed by atoms with Gasteiger partial charge in [-0.05, 0) is 31.2 Å². The predicted molar refractivity (Wildman–Crippen MR) is 108 cm³/mol. The van der Waals surface area contributed by atoms with Crippen molar-refractivity contribution in [3.05, 3.63) is 64.4 Å². The molecule has 0 radical (unpaired) electrons. The van der Waals surface area contributed by atoms with Gasteiger partial charge in [0.25, 0.3) is 5.56 Å². The van der Waals surface area contributed by atoms with Crippen molar-refractivity contribution in [1.82, 2.24) is 19.2 Å². The molecule has 4 aromatic rings. The van der Waals surface area contributed by atoms with Crippen molar-refractivity contribution in [3.63, 3.8) is 0 Å². The average Bonchev–Trinajstić information content (AvgIpc) is 3.14. The van der Waals surface area contributed by atoms with Crippen LogP contribution in [0.3, 0.4) is 0 Å². The Morgan fingerprint density at radius 2 is 1.86 bits per heavy atom. The summed E-state index contributed by atoms with van der Waals surface area (Å²) in [6.45, 7) is 1.93. The van der Waals surface area contributed by atoms with E-state index in [0.717, 1.165) is 5.52 Å². The van der Waals surface area contributed by atoms with Crippen LogP contribution < -0.4 is 10.3 Å². The summed E-state index contributed by atoms with van der Waals surface area (Å²) in [5.74, 6) is 1.66. The molecule has 28 heavy (non-hydrogen) atoms. The third kappa shape index (κ3) is 3.16. The van der Waals surface area contributed by atoms with Gasteiger partial charge in [-0.3, -0.25) is 18.6 Å². The van der Waals surface area contributed by atoms with Crippen molar-refractivity contribution in [2.24, 2.45) is 7.05 Å². The number of para-hydroxylation sites is 2. The van der Waals surface area contributed by atoms with E-state index in [0.29, 0.717) is 40.0 Å². The van der Waals surface area contributed by atoms with Crippen LogP contribution in [0.4, 0.5) is 0 Å². The first-order valence-corrected chi connectivity index (χ1v) is 9.75. The zero-order chi connectivity index (χ0) is 19.7. The lowest BCUT2D eigenvalue weighted by molar-refractivity contribution is 0.101. The number of aromatic nitrogens is 4. The maximum Gasteiger partial charge on any atom is 0.262 e. The number of thioether (sulfide) groups is 1. The molecule has 0 saturated heterocycles. The first kappa shape index (κ1) is 18.2. The highest BCUT2D eigenvalue weighted by Crippen LogP contribution is 2.22. The molecule has 0 spiro atoms. The fourth-order valence-corrected chi connectivity index (χ4v) is 3.83. The van der Waals surface area contributed by atoms with Gasteiger partial charge in [-0.1, -0.05) is 36.0 Å². The third-order valence-corrected chi connectivity index (χ3v) is 5.33. The fourth-order valence-electron chi connectivity index (χ4n) is 3.07. The highest BCUT2D eigenvalue weighted by Gasteiger charge is 2.15. The number of hydrogen-bond acceptors (Lipinski definition) is 6. The number of fused-ring (bicyclic) bond motifs is 3. The molecule has 0 fully saturated rings. The topological polar surface area (TPSA) is 78.5 Å². The van der Waals surface area contributed by atoms with Gasteiger partial charge in [-0.15, -0.1) is 10.2 Å². The molecular formula is C20H18N4O3S. The van der Waals surface area contributed by atoms with E-state index >= 15 is 0 Å². The summed E-state index contributed by atoms with van der Waals surface area (Å²) in [5, 5.41) is 9.72. The lowest BCUT2D eigenvalue weighted by Gasteiger charge is -2.10. The molecule has 0 aliphatic heterocycles. The lowest BCUT2D eigenvalue weighted by Crippen LogP contribution is -2.20. The van der Waals surface area contributed by atoms with E-state index in [1.165, 1.54) is 23.3 Å². The Bertz CT molecular complexity index is 1250. The second-order valence-corrected chi connectivity index (χ2v) is 7.31. The van der Waals surface area contributed by atoms with Gasteiger partial charge in [0.2, 0.25) is 5.78 Å². The highest BCUT2D eigenvalue weighted by molar-refractivity contribution is 7.99. The Morgan fingerprint density at radius 3 is 2.68 bits per heavy atom. The number of rotatable bonds is 6. The van der Waals surface area contributed by atoms with Crippen molar-refractivity contribution >= 4 is 34.2 Å². The molecule has 142 valence electrons. The Balaban J connectivity index is 1.57. The maximum absolute atomic E-state index is 12.5. The summed E-state index contributed by atoms with van der Waals surface area (Å²) in [4.78, 5) is 24.2. The molecule has 2 aromatic heterocycles. The molecule has 0 atom stereocenters. The SMILES string of the molecule is CC(=O)c1ccccc1OCCSc1nnc2n(C)c(=O)c3ccccc3n12. The molecule has 0 unspecified atom stereocenters. The lowest BCUT2D eigenvalue weighted by atomic mass is 10.1. The number of carbonyl (C=O) groups is 1. The van der Waals surface area contributed by atoms with Crippen LogP contribution >= 0.6 is 11.8 Å². The Hall–Kier alpha value is -3.13. The van der Waals surface area contributed by atoms with E-state index in [-0.39, 0.29) is 11.3 Å². The Labute approximate surface area is 165 Å². The van der Waals surface area contributed by atoms with Gasteiger partial charge in [0.05, 0.1) is 23.1 Å². The standard InChI is InChI=1S/C20H18N4O3S/c1-13(25)14-7-4-6-10-17(14)27-11-12-28-20-22-21-19-23(2)18(26)15-8-3-5-9-16(15)24(19)20/h3-10H,11-12H2,1-2H3. The van der Waals surface area contributed by atoms with E-state index in [1.54, 1.807) is 25.2 Å². The van der Waals surface area contributed by atoms with Crippen molar-refractivity contribution < 1.29 is 9.53 Å². The number of ketones is 1. The molecule has 0 amide bonds. The van der Waals surface area contributed by atoms with E-state index in [9.17, 15) is 9.59 Å². The second-order valence-electron chi connectivity index (χ2n) is 6.25. The first-order valence-electron chi connectivity index (χ1n) is 8.76. The van der Waals surface area contributed by atoms with E-state index in [1.807, 2.05) is 34.7 Å². The van der Waals surface area contributed by atoms with Crippen LogP contribution in [0.25, 0.3) is 16.7 Å². The molecule has 0 saturated carbocycles. The number of carbonyl (C=O) groups excluding carboxylic acids is 1. The molecule has 2 heterocycles. The zero-order valence-electron chi connectivity index (χ0n) is 15.5. The normalized spacial score (nSPS) is 11.2. The smallest absolute Gasteiger partial charge is 0.262 e. The molecule has 7 nitrogen and oxygen atoms in total. The summed E-state index contributed by atoms with van der Waals surface area (Å²) < 4.78 is 9.16. The van der Waals surface area contributed by atoms with Crippen LogP contribution in [-0.2, 0) is 7.05 Å². The van der Waals surface area contributed by atoms with Gasteiger partial charge in [0, 0.05) is 12.8 Å². The second kappa shape index (κ2) is 7.47. The molecular weight excluding hydrogens is 376 g/mol. The van der Waals surface area contributed by atoms with Gasteiger partial charge in [0.15, 0.2) is 10.9 Å². The number of hydrogen-bond donors (Lipinski definition) is 0. The van der Waals surface area contributed by atoms with Crippen molar-refractivity contribution in [2.75, 3.05) is 12.4 Å². The largest absolute Gasteiger partial charge is 0.492 e. The zero-order valence-corrected chi connectivity index (χ0v) is 16.3. The predicted octanol–water partition coefficient (Wildman–Crippen LogP) is 2.95. The van der Waals surface area contributed by atoms with Crippen LogP contribution in [0, 0.1) is 0 Å². The molecule has 2 aromatic carbocycles. The third-order valence-electron chi connectivity index (χ3n) is 4.43. The molecule has 4 rings (SSSR count). The summed E-state index contributed by atoms with van der Waals surface area (Å²) in [6, 6.07) is 14.6. The van der Waals surface area contributed by atoms with Crippen LogP contribution in [0.1, 0.15) is 17.3 Å². The van der Waals surface area contributed by atoms with Gasteiger partial charge >= 0.3 is 0 Å². The summed E-state index contributed by atoms with van der Waals surface area (Å²) in [6.07, 6.45) is 0. The fraction of sp³-hybridized carbons (Fsp3) is 0.200. The van der Waals surface area contributed by atoms with Crippen LogP contribution in [0.15, 0.2) is 58.5 Å². The number of Topliss-reactive ketones (excluding diaryl/α,β-unsaturated/α-hetero) is 1. The number of benzene rings is 2. The quantitative estimate of drug-likeness (QED) is 0.284. The van der Waals surface area contributed by atoms with Gasteiger partial charge in [-0.2, -0.15) is 0 Å². The van der Waals surface area contributed by atoms with Crippen molar-refractivity contribution in [1.29, 1.82) is 0 Å². The van der Waals surface area contributed by atoms with E-state index in [2.05, 4.69) is 10.2 Å². The van der Waals surface area contributed by atoms with Crippen molar-refractivity contribution in [3.8, 4) is 5.75 Å². The van der Waals surface area contributed by atoms with E-state index < -0.39 is 0 Å². The minimum absolute atomic E-state index is 0.0286. The van der Waals surface area contributed by atoms with E-state index in [4.69, 9.17) is 4.74 Å². The van der Waals surface area contributed by atoms with Gasteiger partial charge < -0.3 is 4.74 Å². The number of aryl methyl sites for hydroxylation is 1. The number of ether oxygens (including phenoxy) is 1. The highest BCUT2D eigenvalue weighted by atomic mass is 32.2. The molecule has 0 N–H and O–H groups in total. The summed E-state index contributed by atoms with van der Waals surface area (Å²) in [5.41, 5.74) is 1.24. The van der Waals surface area contributed by atoms with Crippen LogP contribution in [0.2, 0.25) is 0 Å². The monoisotopic (exact) mass is 394 g/mol. The molecule has 0 aliphatic rings. The van der Waals surface area contributed by atoms with Gasteiger partial charge in [0.1, 0.15) is 5.75 Å². The summed E-state index contributed by atoms with van der Waals surface area (Å²) in [7, 11) is 1.69. The van der Waals surface area contributed by atoms with Crippen molar-refractivity contribution in [2.45, 2.75) is 12.1 Å². The Kier molecular flexibility index (Phi) is 4.87. The molecule has 0 aliphatic carbocycles. The molecule has 0 bridgehead atoms. The average molecular weight is 394 g/mol. The summed E-state index contributed by atoms with van der Waals surface area (Å²) >= 11 is 1.48. The van der Waals surface area contributed by atoms with Gasteiger partial charge in [-0.25, -0.2) is 0 Å². The molecule has 8 heteroatoms. The minimum Gasteiger partial charge on any atom is -0.492 e.